The Hall–Kier alpha value is -1.46. The molecule has 1 saturated heterocycles. The minimum Gasteiger partial charge on any atom is -0.399 e. The van der Waals surface area contributed by atoms with E-state index in [-0.39, 0.29) is 12.8 Å². The highest BCUT2D eigenvalue weighted by molar-refractivity contribution is 5.50. The Balaban J connectivity index is 2.00. The monoisotopic (exact) mass is 245 g/mol. The second-order valence-corrected chi connectivity index (χ2v) is 4.25. The zero-order valence-electron chi connectivity index (χ0n) is 9.24. The SMILES string of the molecule is Nc1ccnc(N2CCC(C(F)(F)F)CC2)c1. The Bertz CT molecular complexity index is 384. The van der Waals surface area contributed by atoms with Gasteiger partial charge in [-0.2, -0.15) is 13.2 Å². The van der Waals surface area contributed by atoms with E-state index >= 15 is 0 Å². The van der Waals surface area contributed by atoms with E-state index in [1.54, 1.807) is 18.3 Å². The fraction of sp³-hybridized carbons (Fsp3) is 0.545. The summed E-state index contributed by atoms with van der Waals surface area (Å²) in [5.41, 5.74) is 6.19. The Labute approximate surface area is 97.4 Å². The number of hydrogen-bond donors (Lipinski definition) is 1. The second kappa shape index (κ2) is 4.43. The summed E-state index contributed by atoms with van der Waals surface area (Å²) in [5.74, 6) is -0.523. The lowest BCUT2D eigenvalue weighted by Crippen LogP contribution is -2.39. The van der Waals surface area contributed by atoms with Crippen molar-refractivity contribution in [3.63, 3.8) is 0 Å². The largest absolute Gasteiger partial charge is 0.399 e. The van der Waals surface area contributed by atoms with Crippen LogP contribution in [0.1, 0.15) is 12.8 Å². The van der Waals surface area contributed by atoms with Crippen molar-refractivity contribution in [3.05, 3.63) is 18.3 Å². The summed E-state index contributed by atoms with van der Waals surface area (Å²) in [7, 11) is 0. The van der Waals surface area contributed by atoms with E-state index in [2.05, 4.69) is 4.98 Å². The second-order valence-electron chi connectivity index (χ2n) is 4.25. The summed E-state index contributed by atoms with van der Waals surface area (Å²) in [5, 5.41) is 0. The molecular weight excluding hydrogens is 231 g/mol. The summed E-state index contributed by atoms with van der Waals surface area (Å²) in [6.45, 7) is 0.751. The molecule has 2 N–H and O–H groups in total. The van der Waals surface area contributed by atoms with Gasteiger partial charge in [0.15, 0.2) is 0 Å². The van der Waals surface area contributed by atoms with E-state index in [0.29, 0.717) is 24.6 Å². The van der Waals surface area contributed by atoms with E-state index < -0.39 is 12.1 Å². The average molecular weight is 245 g/mol. The molecule has 2 heterocycles. The third-order valence-electron chi connectivity index (χ3n) is 3.05. The van der Waals surface area contributed by atoms with E-state index in [0.717, 1.165) is 0 Å². The van der Waals surface area contributed by atoms with Crippen molar-refractivity contribution in [2.45, 2.75) is 19.0 Å². The average Bonchev–Trinajstić information content (AvgIpc) is 2.28. The van der Waals surface area contributed by atoms with Gasteiger partial charge in [-0.25, -0.2) is 4.98 Å². The van der Waals surface area contributed by atoms with Crippen LogP contribution < -0.4 is 10.6 Å². The molecule has 1 aliphatic rings. The third kappa shape index (κ3) is 2.81. The molecule has 17 heavy (non-hydrogen) atoms. The fourth-order valence-electron chi connectivity index (χ4n) is 2.04. The molecule has 1 aliphatic heterocycles. The van der Waals surface area contributed by atoms with Crippen molar-refractivity contribution in [2.75, 3.05) is 23.7 Å². The molecule has 3 nitrogen and oxygen atoms in total. The normalized spacial score (nSPS) is 18.4. The molecule has 0 radical (unpaired) electrons. The molecule has 0 unspecified atom stereocenters. The van der Waals surface area contributed by atoms with Crippen LogP contribution in [0.25, 0.3) is 0 Å². The van der Waals surface area contributed by atoms with Gasteiger partial charge in [-0.3, -0.25) is 0 Å². The highest BCUT2D eigenvalue weighted by Gasteiger charge is 2.41. The molecule has 0 amide bonds. The lowest BCUT2D eigenvalue weighted by Gasteiger charge is -2.33. The first-order chi connectivity index (χ1) is 7.97. The topological polar surface area (TPSA) is 42.1 Å². The Morgan fingerprint density at radius 3 is 2.47 bits per heavy atom. The molecule has 1 aromatic heterocycles. The number of pyridine rings is 1. The van der Waals surface area contributed by atoms with Crippen LogP contribution in [0.4, 0.5) is 24.7 Å². The molecule has 94 valence electrons. The van der Waals surface area contributed by atoms with Gasteiger partial charge in [0.05, 0.1) is 5.92 Å². The van der Waals surface area contributed by atoms with Gasteiger partial charge in [0.25, 0.3) is 0 Å². The molecule has 0 atom stereocenters. The molecule has 1 aromatic rings. The number of rotatable bonds is 1. The van der Waals surface area contributed by atoms with E-state index in [1.165, 1.54) is 0 Å². The Morgan fingerprint density at radius 1 is 1.29 bits per heavy atom. The Kier molecular flexibility index (Phi) is 3.13. The number of nitrogens with zero attached hydrogens (tertiary/aromatic N) is 2. The van der Waals surface area contributed by atoms with E-state index in [9.17, 15) is 13.2 Å². The van der Waals surface area contributed by atoms with Crippen LogP contribution >= 0.6 is 0 Å². The lowest BCUT2D eigenvalue weighted by molar-refractivity contribution is -0.179. The smallest absolute Gasteiger partial charge is 0.391 e. The summed E-state index contributed by atoms with van der Waals surface area (Å²) < 4.78 is 37.4. The minimum absolute atomic E-state index is 0.125. The molecule has 0 bridgehead atoms. The predicted molar refractivity (Wildman–Crippen MR) is 59.6 cm³/mol. The molecule has 0 saturated carbocycles. The van der Waals surface area contributed by atoms with Gasteiger partial charge in [0.1, 0.15) is 5.82 Å². The number of alkyl halides is 3. The molecule has 1 fully saturated rings. The number of nitrogen functional groups attached to an aromatic ring is 1. The Morgan fingerprint density at radius 2 is 1.94 bits per heavy atom. The number of nitrogens with two attached hydrogens (primary N) is 1. The van der Waals surface area contributed by atoms with Crippen LogP contribution in [0.2, 0.25) is 0 Å². The maximum atomic E-state index is 12.5. The number of hydrogen-bond acceptors (Lipinski definition) is 3. The maximum Gasteiger partial charge on any atom is 0.391 e. The van der Waals surface area contributed by atoms with E-state index in [4.69, 9.17) is 5.73 Å². The van der Waals surface area contributed by atoms with Gasteiger partial charge in [-0.05, 0) is 18.9 Å². The summed E-state index contributed by atoms with van der Waals surface area (Å²) in [6.07, 6.45) is -2.25. The first-order valence-corrected chi connectivity index (χ1v) is 5.50. The lowest BCUT2D eigenvalue weighted by atomic mass is 9.96. The van der Waals surface area contributed by atoms with Crippen molar-refractivity contribution in [3.8, 4) is 0 Å². The van der Waals surface area contributed by atoms with Crippen molar-refractivity contribution in [1.82, 2.24) is 4.98 Å². The first kappa shape index (κ1) is 12.0. The number of anilines is 2. The first-order valence-electron chi connectivity index (χ1n) is 5.50. The van der Waals surface area contributed by atoms with Gasteiger partial charge in [0, 0.05) is 31.0 Å². The maximum absolute atomic E-state index is 12.5. The fourth-order valence-corrected chi connectivity index (χ4v) is 2.04. The zero-order chi connectivity index (χ0) is 12.5. The van der Waals surface area contributed by atoms with Crippen molar-refractivity contribution < 1.29 is 13.2 Å². The van der Waals surface area contributed by atoms with Crippen molar-refractivity contribution >= 4 is 11.5 Å². The third-order valence-corrected chi connectivity index (χ3v) is 3.05. The van der Waals surface area contributed by atoms with Crippen LogP contribution in [-0.4, -0.2) is 24.2 Å². The van der Waals surface area contributed by atoms with Crippen LogP contribution in [0.3, 0.4) is 0 Å². The van der Waals surface area contributed by atoms with Crippen molar-refractivity contribution in [1.29, 1.82) is 0 Å². The highest BCUT2D eigenvalue weighted by atomic mass is 19.4. The standard InChI is InChI=1S/C11H14F3N3/c12-11(13,14)8-2-5-17(6-3-8)10-7-9(15)1-4-16-10/h1,4,7-8H,2-3,5-6H2,(H2,15,16). The summed E-state index contributed by atoms with van der Waals surface area (Å²) >= 11 is 0. The highest BCUT2D eigenvalue weighted by Crippen LogP contribution is 2.35. The molecule has 0 spiro atoms. The molecule has 0 aliphatic carbocycles. The van der Waals surface area contributed by atoms with Gasteiger partial charge in [-0.15, -0.1) is 0 Å². The van der Waals surface area contributed by atoms with Crippen LogP contribution in [-0.2, 0) is 0 Å². The predicted octanol–water partition coefficient (Wildman–Crippen LogP) is 2.44. The number of aromatic nitrogens is 1. The van der Waals surface area contributed by atoms with Gasteiger partial charge in [0.2, 0.25) is 0 Å². The van der Waals surface area contributed by atoms with Gasteiger partial charge in [-0.1, -0.05) is 0 Å². The molecular formula is C11H14F3N3. The van der Waals surface area contributed by atoms with Gasteiger partial charge < -0.3 is 10.6 Å². The quantitative estimate of drug-likeness (QED) is 0.826. The van der Waals surface area contributed by atoms with Crippen LogP contribution in [0, 0.1) is 5.92 Å². The van der Waals surface area contributed by atoms with Crippen LogP contribution in [0.5, 0.6) is 0 Å². The number of halogens is 3. The molecule has 0 aromatic carbocycles. The van der Waals surface area contributed by atoms with Gasteiger partial charge >= 0.3 is 6.18 Å². The van der Waals surface area contributed by atoms with Crippen molar-refractivity contribution in [2.24, 2.45) is 5.92 Å². The minimum atomic E-state index is -4.07. The summed E-state index contributed by atoms with van der Waals surface area (Å²) in [6, 6.07) is 3.35. The molecule has 6 heteroatoms. The van der Waals surface area contributed by atoms with E-state index in [1.807, 2.05) is 4.90 Å². The zero-order valence-corrected chi connectivity index (χ0v) is 9.24. The molecule has 2 rings (SSSR count). The van der Waals surface area contributed by atoms with Crippen LogP contribution in [0.15, 0.2) is 18.3 Å². The number of piperidine rings is 1. The summed E-state index contributed by atoms with van der Waals surface area (Å²) in [4.78, 5) is 5.96.